The number of nitrogens with zero attached hydrogens (tertiary/aromatic N) is 1. The zero-order chi connectivity index (χ0) is 50.2. The minimum Gasteiger partial charge on any atom is -0.310 e. The van der Waals surface area contributed by atoms with Gasteiger partial charge < -0.3 is 4.90 Å². The monoisotopic (exact) mass is 983 g/mol. The number of rotatable bonds is 9. The number of anilines is 3. The molecule has 0 unspecified atom stereocenters. The van der Waals surface area contributed by atoms with Gasteiger partial charge in [0.15, 0.2) is 0 Å². The molecule has 0 saturated heterocycles. The minimum atomic E-state index is -0.480. The van der Waals surface area contributed by atoms with Gasteiger partial charge in [0.2, 0.25) is 0 Å². The zero-order valence-electron chi connectivity index (χ0n) is 41.6. The van der Waals surface area contributed by atoms with Crippen LogP contribution in [0.25, 0.3) is 64.7 Å². The average Bonchev–Trinajstić information content (AvgIpc) is 4.31. The number of fused-ring (bicyclic) bond motifs is 9. The van der Waals surface area contributed by atoms with Crippen LogP contribution in [0.15, 0.2) is 297 Å². The zero-order valence-corrected chi connectivity index (χ0v) is 42.5. The van der Waals surface area contributed by atoms with E-state index in [1.165, 1.54) is 109 Å². The number of hydrogen-bond donors (Lipinski definition) is 0. The highest BCUT2D eigenvalue weighted by Crippen LogP contribution is 2.59. The molecular weight excluding hydrogens is 935 g/mol. The van der Waals surface area contributed by atoms with Gasteiger partial charge in [-0.15, -0.1) is 11.3 Å². The van der Waals surface area contributed by atoms with Crippen molar-refractivity contribution in [3.05, 3.63) is 342 Å². The van der Waals surface area contributed by atoms with Gasteiger partial charge in [-0.3, -0.25) is 0 Å². The molecule has 13 aromatic rings. The minimum absolute atomic E-state index is 0.471. The fourth-order valence-corrected chi connectivity index (χ4v) is 14.2. The van der Waals surface area contributed by atoms with E-state index in [1.54, 1.807) is 0 Å². The van der Waals surface area contributed by atoms with Gasteiger partial charge in [0.1, 0.15) is 0 Å². The maximum atomic E-state index is 2.46. The first-order valence-corrected chi connectivity index (χ1v) is 27.1. The highest BCUT2D eigenvalue weighted by Gasteiger charge is 2.47. The Hall–Kier alpha value is -9.34. The maximum Gasteiger partial charge on any atom is 0.0713 e. The van der Waals surface area contributed by atoms with Crippen LogP contribution in [0.1, 0.15) is 44.5 Å². The lowest BCUT2D eigenvalue weighted by molar-refractivity contribution is 0.768. The van der Waals surface area contributed by atoms with E-state index in [0.717, 1.165) is 17.1 Å². The Morgan fingerprint density at radius 2 is 0.632 bits per heavy atom. The predicted octanol–water partition coefficient (Wildman–Crippen LogP) is 19.6. The van der Waals surface area contributed by atoms with Gasteiger partial charge >= 0.3 is 0 Å². The Labute approximate surface area is 447 Å². The molecule has 0 bridgehead atoms. The van der Waals surface area contributed by atoms with E-state index < -0.39 is 10.8 Å². The standard InChI is InChI=1S/C74H49NS/c1-5-19-54(20-6-1)73(55-21-7-2-8-22-55)68-31-17-14-28-62(68)65-49-60(43-45-69(65)73)75(58-39-33-50(34-40-58)52-38-46-72-66(47-52)64-29-15-18-32-71(64)76-72)59-41-35-51(36-42-59)53-37-44-63-61-27-13-16-30-67(61)74(70(63)48-53,56-23-9-3-10-24-56)57-25-11-4-12-26-57/h1-49H. The van der Waals surface area contributed by atoms with Gasteiger partial charge in [0.25, 0.3) is 0 Å². The van der Waals surface area contributed by atoms with Crippen LogP contribution in [0.3, 0.4) is 0 Å². The lowest BCUT2D eigenvalue weighted by atomic mass is 9.67. The molecule has 0 spiro atoms. The van der Waals surface area contributed by atoms with Crippen LogP contribution >= 0.6 is 11.3 Å². The van der Waals surface area contributed by atoms with Crippen molar-refractivity contribution in [2.24, 2.45) is 0 Å². The van der Waals surface area contributed by atoms with Crippen LogP contribution in [-0.2, 0) is 10.8 Å². The van der Waals surface area contributed by atoms with E-state index in [0.29, 0.717) is 0 Å². The van der Waals surface area contributed by atoms with E-state index in [4.69, 9.17) is 0 Å². The molecule has 0 atom stereocenters. The van der Waals surface area contributed by atoms with E-state index >= 15 is 0 Å². The molecule has 76 heavy (non-hydrogen) atoms. The topological polar surface area (TPSA) is 3.24 Å². The summed E-state index contributed by atoms with van der Waals surface area (Å²) in [5, 5.41) is 2.62. The van der Waals surface area contributed by atoms with Crippen LogP contribution in [0, 0.1) is 0 Å². The molecule has 0 amide bonds. The molecule has 0 fully saturated rings. The van der Waals surface area contributed by atoms with E-state index in [1.807, 2.05) is 11.3 Å². The average molecular weight is 984 g/mol. The highest BCUT2D eigenvalue weighted by atomic mass is 32.1. The molecule has 1 aromatic heterocycles. The van der Waals surface area contributed by atoms with Crippen molar-refractivity contribution in [3.63, 3.8) is 0 Å². The second-order valence-electron chi connectivity index (χ2n) is 20.3. The van der Waals surface area contributed by atoms with Crippen molar-refractivity contribution in [1.29, 1.82) is 0 Å². The lowest BCUT2D eigenvalue weighted by Gasteiger charge is -2.34. The first-order chi connectivity index (χ1) is 37.7. The summed E-state index contributed by atoms with van der Waals surface area (Å²) in [6.45, 7) is 0. The summed E-state index contributed by atoms with van der Waals surface area (Å²) in [6, 6.07) is 111. The molecule has 15 rings (SSSR count). The summed E-state index contributed by atoms with van der Waals surface area (Å²) >= 11 is 1.86. The van der Waals surface area contributed by atoms with Crippen molar-refractivity contribution >= 4 is 48.6 Å². The Morgan fingerprint density at radius 3 is 1.20 bits per heavy atom. The molecule has 0 aliphatic heterocycles. The largest absolute Gasteiger partial charge is 0.310 e. The summed E-state index contributed by atoms with van der Waals surface area (Å²) in [5.41, 5.74) is 22.4. The number of thiophene rings is 1. The molecule has 2 aliphatic carbocycles. The van der Waals surface area contributed by atoms with Crippen LogP contribution in [0.2, 0.25) is 0 Å². The first kappa shape index (κ1) is 44.2. The first-order valence-electron chi connectivity index (χ1n) is 26.3. The molecule has 1 heterocycles. The SMILES string of the molecule is c1ccc(C2(c3ccccc3)c3ccccc3-c3cc(N(c4ccc(-c5ccc6c(c5)C(c5ccccc5)(c5ccccc5)c5ccccc5-6)cc4)c4ccc(-c5ccc6sc7ccccc7c6c5)cc4)ccc32)cc1. The van der Waals surface area contributed by atoms with Crippen molar-refractivity contribution in [2.75, 3.05) is 4.90 Å². The highest BCUT2D eigenvalue weighted by molar-refractivity contribution is 7.25. The van der Waals surface area contributed by atoms with E-state index in [-0.39, 0.29) is 0 Å². The fraction of sp³-hybridized carbons (Fsp3) is 0.0270. The quantitative estimate of drug-likeness (QED) is 0.139. The van der Waals surface area contributed by atoms with Crippen molar-refractivity contribution in [3.8, 4) is 44.5 Å². The van der Waals surface area contributed by atoms with Crippen LogP contribution in [0.5, 0.6) is 0 Å². The molecular formula is C74H49NS. The van der Waals surface area contributed by atoms with E-state index in [2.05, 4.69) is 302 Å². The Kier molecular flexibility index (Phi) is 10.3. The summed E-state index contributed by atoms with van der Waals surface area (Å²) < 4.78 is 2.64. The third kappa shape index (κ3) is 6.64. The Morgan fingerprint density at radius 1 is 0.237 bits per heavy atom. The number of hydrogen-bond acceptors (Lipinski definition) is 2. The second-order valence-corrected chi connectivity index (χ2v) is 21.4. The van der Waals surface area contributed by atoms with Crippen molar-refractivity contribution in [2.45, 2.75) is 10.8 Å². The van der Waals surface area contributed by atoms with Gasteiger partial charge in [-0.25, -0.2) is 0 Å². The summed E-state index contributed by atoms with van der Waals surface area (Å²) in [6.07, 6.45) is 0. The molecule has 356 valence electrons. The third-order valence-corrected chi connectivity index (χ3v) is 17.6. The molecule has 12 aromatic carbocycles. The van der Waals surface area contributed by atoms with Crippen LogP contribution in [-0.4, -0.2) is 0 Å². The van der Waals surface area contributed by atoms with Gasteiger partial charge in [-0.1, -0.05) is 237 Å². The molecule has 0 saturated carbocycles. The number of benzene rings is 12. The fourth-order valence-electron chi connectivity index (χ4n) is 13.2. The predicted molar refractivity (Wildman–Crippen MR) is 319 cm³/mol. The third-order valence-electron chi connectivity index (χ3n) is 16.5. The second kappa shape index (κ2) is 17.7. The normalized spacial score (nSPS) is 13.5. The molecule has 1 nitrogen and oxygen atoms in total. The summed E-state index contributed by atoms with van der Waals surface area (Å²) in [4.78, 5) is 2.44. The van der Waals surface area contributed by atoms with Gasteiger partial charge in [-0.05, 0) is 150 Å². The Bertz CT molecular complexity index is 4230. The Balaban J connectivity index is 0.879. The molecule has 0 N–H and O–H groups in total. The van der Waals surface area contributed by atoms with Gasteiger partial charge in [0.05, 0.1) is 10.8 Å². The summed E-state index contributed by atoms with van der Waals surface area (Å²) in [5.74, 6) is 0. The lowest BCUT2D eigenvalue weighted by Crippen LogP contribution is -2.28. The van der Waals surface area contributed by atoms with Crippen molar-refractivity contribution < 1.29 is 0 Å². The van der Waals surface area contributed by atoms with E-state index in [9.17, 15) is 0 Å². The molecule has 2 aliphatic rings. The van der Waals surface area contributed by atoms with Gasteiger partial charge in [0, 0.05) is 37.2 Å². The smallest absolute Gasteiger partial charge is 0.0713 e. The summed E-state index contributed by atoms with van der Waals surface area (Å²) in [7, 11) is 0. The van der Waals surface area contributed by atoms with Crippen molar-refractivity contribution in [1.82, 2.24) is 0 Å². The molecule has 0 radical (unpaired) electrons. The molecule has 2 heteroatoms. The maximum absolute atomic E-state index is 2.46. The van der Waals surface area contributed by atoms with Crippen LogP contribution in [0.4, 0.5) is 17.1 Å². The van der Waals surface area contributed by atoms with Crippen LogP contribution < -0.4 is 4.90 Å². The van der Waals surface area contributed by atoms with Gasteiger partial charge in [-0.2, -0.15) is 0 Å².